The lowest BCUT2D eigenvalue weighted by Crippen LogP contribution is -2.22. The molecule has 0 saturated heterocycles. The Morgan fingerprint density at radius 3 is 2.82 bits per heavy atom. The number of aromatic nitrogens is 2. The third kappa shape index (κ3) is 3.07. The summed E-state index contributed by atoms with van der Waals surface area (Å²) in [6, 6.07) is 2.56. The first-order valence-corrected chi connectivity index (χ1v) is 5.78. The highest BCUT2D eigenvalue weighted by molar-refractivity contribution is 7.11. The highest BCUT2D eigenvalue weighted by Crippen LogP contribution is 2.11. The van der Waals surface area contributed by atoms with E-state index in [1.54, 1.807) is 6.20 Å². The van der Waals surface area contributed by atoms with Crippen LogP contribution in [0.15, 0.2) is 24.5 Å². The van der Waals surface area contributed by atoms with Gasteiger partial charge in [-0.25, -0.2) is 9.97 Å². The van der Waals surface area contributed by atoms with E-state index in [4.69, 9.17) is 0 Å². The van der Waals surface area contributed by atoms with Crippen LogP contribution in [0.4, 0.5) is 4.39 Å². The number of rotatable bonds is 3. The molecular formula is C11H10FN3OS. The van der Waals surface area contributed by atoms with Crippen molar-refractivity contribution in [3.63, 3.8) is 0 Å². The largest absolute Gasteiger partial charge is 0.347 e. The van der Waals surface area contributed by atoms with E-state index in [0.29, 0.717) is 12.1 Å². The van der Waals surface area contributed by atoms with Gasteiger partial charge in [0.15, 0.2) is 0 Å². The third-order valence-corrected chi connectivity index (χ3v) is 2.99. The number of carbonyl (C=O) groups excluding carboxylic acids is 1. The van der Waals surface area contributed by atoms with E-state index in [2.05, 4.69) is 15.3 Å². The van der Waals surface area contributed by atoms with Crippen molar-refractivity contribution >= 4 is 17.2 Å². The van der Waals surface area contributed by atoms with Gasteiger partial charge >= 0.3 is 0 Å². The monoisotopic (exact) mass is 251 g/mol. The van der Waals surface area contributed by atoms with E-state index in [9.17, 15) is 9.18 Å². The fourth-order valence-electron chi connectivity index (χ4n) is 1.27. The molecule has 0 aromatic carbocycles. The number of nitrogens with zero attached hydrogens (tertiary/aromatic N) is 2. The molecular weight excluding hydrogens is 241 g/mol. The second kappa shape index (κ2) is 5.01. The molecule has 1 N–H and O–H groups in total. The molecule has 4 nitrogen and oxygen atoms in total. The lowest BCUT2D eigenvalue weighted by atomic mass is 10.2. The molecule has 2 heterocycles. The smallest absolute Gasteiger partial charge is 0.253 e. The second-order valence-corrected chi connectivity index (χ2v) is 4.72. The zero-order chi connectivity index (χ0) is 12.3. The molecule has 0 unspecified atom stereocenters. The molecule has 17 heavy (non-hydrogen) atoms. The topological polar surface area (TPSA) is 54.9 Å². The van der Waals surface area contributed by atoms with Gasteiger partial charge in [0.25, 0.3) is 5.91 Å². The van der Waals surface area contributed by atoms with Crippen LogP contribution in [0.1, 0.15) is 20.2 Å². The van der Waals surface area contributed by atoms with Gasteiger partial charge in [0.2, 0.25) is 5.95 Å². The van der Waals surface area contributed by atoms with Gasteiger partial charge in [-0.2, -0.15) is 4.39 Å². The molecule has 0 aliphatic rings. The van der Waals surface area contributed by atoms with E-state index in [0.717, 1.165) is 16.0 Å². The van der Waals surface area contributed by atoms with Crippen molar-refractivity contribution in [2.45, 2.75) is 13.5 Å². The van der Waals surface area contributed by atoms with Crippen LogP contribution in [0, 0.1) is 12.9 Å². The second-order valence-electron chi connectivity index (χ2n) is 3.40. The minimum atomic E-state index is -0.598. The maximum atomic E-state index is 12.6. The highest BCUT2D eigenvalue weighted by atomic mass is 32.1. The summed E-state index contributed by atoms with van der Waals surface area (Å²) in [5, 5.41) is 3.67. The molecule has 0 fully saturated rings. The van der Waals surface area contributed by atoms with Gasteiger partial charge in [-0.3, -0.25) is 4.79 Å². The summed E-state index contributed by atoms with van der Waals surface area (Å²) >= 11 is 1.53. The zero-order valence-corrected chi connectivity index (χ0v) is 9.92. The number of thiazole rings is 1. The quantitative estimate of drug-likeness (QED) is 0.848. The van der Waals surface area contributed by atoms with Gasteiger partial charge in [-0.05, 0) is 19.1 Å². The first-order valence-electron chi connectivity index (χ1n) is 4.96. The van der Waals surface area contributed by atoms with Gasteiger partial charge in [0.05, 0.1) is 17.1 Å². The minimum absolute atomic E-state index is 0.274. The molecule has 0 aliphatic carbocycles. The predicted molar refractivity (Wildman–Crippen MR) is 62.2 cm³/mol. The van der Waals surface area contributed by atoms with Gasteiger partial charge < -0.3 is 5.32 Å². The number of carbonyl (C=O) groups is 1. The van der Waals surface area contributed by atoms with E-state index in [-0.39, 0.29) is 5.91 Å². The average Bonchev–Trinajstić information content (AvgIpc) is 2.73. The molecule has 0 aliphatic heterocycles. The normalized spacial score (nSPS) is 10.2. The van der Waals surface area contributed by atoms with Crippen LogP contribution in [-0.2, 0) is 6.54 Å². The SMILES string of the molecule is Cc1ncc(CNC(=O)c2ccc(F)nc2)s1. The van der Waals surface area contributed by atoms with Crippen LogP contribution < -0.4 is 5.32 Å². The Labute approximate surface area is 102 Å². The lowest BCUT2D eigenvalue weighted by molar-refractivity contribution is 0.0951. The van der Waals surface area contributed by atoms with Crippen molar-refractivity contribution < 1.29 is 9.18 Å². The molecule has 0 saturated carbocycles. The van der Waals surface area contributed by atoms with Gasteiger partial charge in [-0.1, -0.05) is 0 Å². The maximum Gasteiger partial charge on any atom is 0.253 e. The molecule has 0 radical (unpaired) electrons. The molecule has 88 valence electrons. The summed E-state index contributed by atoms with van der Waals surface area (Å²) in [4.78, 5) is 20.1. The fourth-order valence-corrected chi connectivity index (χ4v) is 2.00. The molecule has 2 aromatic rings. The Kier molecular flexibility index (Phi) is 3.43. The molecule has 2 aromatic heterocycles. The molecule has 0 spiro atoms. The molecule has 0 atom stereocenters. The van der Waals surface area contributed by atoms with Crippen LogP contribution >= 0.6 is 11.3 Å². The zero-order valence-electron chi connectivity index (χ0n) is 9.11. The number of pyridine rings is 1. The Morgan fingerprint density at radius 2 is 2.24 bits per heavy atom. The van der Waals surface area contributed by atoms with Crippen molar-refractivity contribution in [3.05, 3.63) is 45.9 Å². The molecule has 2 rings (SSSR count). The lowest BCUT2D eigenvalue weighted by Gasteiger charge is -2.02. The van der Waals surface area contributed by atoms with E-state index in [1.807, 2.05) is 6.92 Å². The molecule has 0 bridgehead atoms. The third-order valence-electron chi connectivity index (χ3n) is 2.08. The van der Waals surface area contributed by atoms with Crippen LogP contribution in [0.2, 0.25) is 0 Å². The summed E-state index contributed by atoms with van der Waals surface area (Å²) in [6.07, 6.45) is 2.94. The van der Waals surface area contributed by atoms with Crippen molar-refractivity contribution in [1.29, 1.82) is 0 Å². The number of hydrogen-bond donors (Lipinski definition) is 1. The maximum absolute atomic E-state index is 12.6. The summed E-state index contributed by atoms with van der Waals surface area (Å²) in [6.45, 7) is 2.32. The van der Waals surface area contributed by atoms with E-state index < -0.39 is 5.95 Å². The van der Waals surface area contributed by atoms with Crippen molar-refractivity contribution in [1.82, 2.24) is 15.3 Å². The highest BCUT2D eigenvalue weighted by Gasteiger charge is 2.06. The number of amides is 1. The van der Waals surface area contributed by atoms with E-state index >= 15 is 0 Å². The van der Waals surface area contributed by atoms with Crippen LogP contribution in [0.5, 0.6) is 0 Å². The number of hydrogen-bond acceptors (Lipinski definition) is 4. The summed E-state index contributed by atoms with van der Waals surface area (Å²) in [5.74, 6) is -0.872. The average molecular weight is 251 g/mol. The Bertz CT molecular complexity index is 524. The van der Waals surface area contributed by atoms with Crippen LogP contribution in [0.3, 0.4) is 0 Å². The van der Waals surface area contributed by atoms with Gasteiger partial charge in [0.1, 0.15) is 0 Å². The van der Waals surface area contributed by atoms with Crippen molar-refractivity contribution in [2.75, 3.05) is 0 Å². The van der Waals surface area contributed by atoms with Crippen LogP contribution in [-0.4, -0.2) is 15.9 Å². The van der Waals surface area contributed by atoms with Crippen molar-refractivity contribution in [2.24, 2.45) is 0 Å². The summed E-state index contributed by atoms with van der Waals surface area (Å²) in [5.41, 5.74) is 0.340. The summed E-state index contributed by atoms with van der Waals surface area (Å²) in [7, 11) is 0. The van der Waals surface area contributed by atoms with Crippen LogP contribution in [0.25, 0.3) is 0 Å². The first kappa shape index (κ1) is 11.7. The number of nitrogens with one attached hydrogen (secondary N) is 1. The first-order chi connectivity index (χ1) is 8.15. The molecule has 6 heteroatoms. The Balaban J connectivity index is 1.95. The summed E-state index contributed by atoms with van der Waals surface area (Å²) < 4.78 is 12.6. The molecule has 1 amide bonds. The predicted octanol–water partition coefficient (Wildman–Crippen LogP) is 1.92. The number of halogens is 1. The minimum Gasteiger partial charge on any atom is -0.347 e. The van der Waals surface area contributed by atoms with Gasteiger partial charge in [-0.15, -0.1) is 11.3 Å². The fraction of sp³-hybridized carbons (Fsp3) is 0.182. The van der Waals surface area contributed by atoms with E-state index in [1.165, 1.54) is 23.6 Å². The Hall–Kier alpha value is -1.82. The Morgan fingerprint density at radius 1 is 1.41 bits per heavy atom. The van der Waals surface area contributed by atoms with Gasteiger partial charge in [0, 0.05) is 17.3 Å². The van der Waals surface area contributed by atoms with Crippen molar-refractivity contribution in [3.8, 4) is 0 Å². The number of aryl methyl sites for hydroxylation is 1. The standard InChI is InChI=1S/C11H10FN3OS/c1-7-13-5-9(17-7)6-15-11(16)8-2-3-10(12)14-4-8/h2-5H,6H2,1H3,(H,15,16).